The van der Waals surface area contributed by atoms with Crippen molar-refractivity contribution >= 4 is 62.0 Å². The number of aromatic nitrogens is 1. The summed E-state index contributed by atoms with van der Waals surface area (Å²) in [5.74, 6) is -0.465. The van der Waals surface area contributed by atoms with Crippen LogP contribution in [0.1, 0.15) is 63.0 Å². The smallest absolute Gasteiger partial charge is 0.338 e. The van der Waals surface area contributed by atoms with E-state index in [1.807, 2.05) is 54.6 Å². The minimum atomic E-state index is -1.16. The number of fused-ring (bicyclic) bond motifs is 3. The first-order valence-corrected chi connectivity index (χ1v) is 14.1. The van der Waals surface area contributed by atoms with Gasteiger partial charge in [0.25, 0.3) is 0 Å². The summed E-state index contributed by atoms with van der Waals surface area (Å²) in [5, 5.41) is 13.7. The van der Waals surface area contributed by atoms with Crippen molar-refractivity contribution < 1.29 is 18.7 Å². The van der Waals surface area contributed by atoms with E-state index in [2.05, 4.69) is 41.5 Å². The summed E-state index contributed by atoms with van der Waals surface area (Å²) in [4.78, 5) is 17.8. The third kappa shape index (κ3) is 4.67. The van der Waals surface area contributed by atoms with Gasteiger partial charge in [0.1, 0.15) is 17.0 Å². The van der Waals surface area contributed by atoms with Crippen molar-refractivity contribution in [3.8, 4) is 22.8 Å². The maximum absolute atomic E-state index is 13.0. The van der Waals surface area contributed by atoms with Gasteiger partial charge in [-0.2, -0.15) is 0 Å². The highest BCUT2D eigenvalue weighted by atomic mass is 35.5. The van der Waals surface area contributed by atoms with E-state index in [1.165, 1.54) is 0 Å². The number of halogens is 2. The minimum absolute atomic E-state index is 0.0267. The zero-order valence-electron chi connectivity index (χ0n) is 23.6. The third-order valence-electron chi connectivity index (χ3n) is 7.46. The van der Waals surface area contributed by atoms with Crippen molar-refractivity contribution in [2.45, 2.75) is 52.4 Å². The normalized spacial score (nSPS) is 12.6. The Bertz CT molecular complexity index is 2020. The lowest BCUT2D eigenvalue weighted by molar-refractivity contribution is 0.0698. The van der Waals surface area contributed by atoms with Gasteiger partial charge in [-0.3, -0.25) is 0 Å². The Kier molecular flexibility index (Phi) is 6.25. The third-order valence-corrected chi connectivity index (χ3v) is 8.02. The van der Waals surface area contributed by atoms with Crippen molar-refractivity contribution in [1.29, 1.82) is 0 Å². The number of hydrogen-bond donors (Lipinski definition) is 1. The summed E-state index contributed by atoms with van der Waals surface area (Å²) in [6, 6.07) is 18.9. The number of aromatic carboxylic acids is 1. The lowest BCUT2D eigenvalue weighted by Crippen LogP contribution is -2.10. The fourth-order valence-electron chi connectivity index (χ4n) is 5.18. The molecule has 0 radical (unpaired) electrons. The number of carbonyl (C=O) groups is 1. The van der Waals surface area contributed by atoms with Gasteiger partial charge in [0.05, 0.1) is 15.6 Å². The Morgan fingerprint density at radius 2 is 1.27 bits per heavy atom. The first-order chi connectivity index (χ1) is 19.2. The molecule has 0 saturated carbocycles. The van der Waals surface area contributed by atoms with E-state index in [4.69, 9.17) is 37.0 Å². The molecule has 0 amide bonds. The molecule has 0 saturated heterocycles. The van der Waals surface area contributed by atoms with Crippen LogP contribution in [0.2, 0.25) is 10.0 Å². The molecule has 1 N–H and O–H groups in total. The zero-order chi connectivity index (χ0) is 29.4. The summed E-state index contributed by atoms with van der Waals surface area (Å²) >= 11 is 13.3. The fourth-order valence-corrected chi connectivity index (χ4v) is 5.71. The lowest BCUT2D eigenvalue weighted by Gasteiger charge is -2.19. The number of pyridine rings is 1. The molecule has 0 aliphatic rings. The molecule has 7 heteroatoms. The standard InChI is InChI=1S/C34H29Cl2NO4/c1-33(2,3)19-11-17-13-25(40-30(17)22(35)15-19)27-21-9-7-8-10-24(21)37-29(28(27)32(38)39)26-14-18-12-20(34(4,5)6)16-23(36)31(18)41-26/h7-16H,1-6H3,(H,38,39). The molecule has 0 aliphatic heterocycles. The number of hydrogen-bond acceptors (Lipinski definition) is 4. The molecule has 41 heavy (non-hydrogen) atoms. The molecular weight excluding hydrogens is 557 g/mol. The SMILES string of the molecule is CC(C)(C)c1cc(Cl)c2oc(-c3nc4ccccc4c(-c4cc5cc(C(C)(C)C)cc(Cl)c5o4)c3C(=O)O)cc2c1. The maximum atomic E-state index is 13.0. The first-order valence-electron chi connectivity index (χ1n) is 13.4. The van der Waals surface area contributed by atoms with Crippen LogP contribution in [0, 0.1) is 0 Å². The summed E-state index contributed by atoms with van der Waals surface area (Å²) in [6.07, 6.45) is 0. The number of carboxylic acids is 1. The van der Waals surface area contributed by atoms with Crippen LogP contribution in [0.15, 0.2) is 69.5 Å². The second-order valence-corrected chi connectivity index (χ2v) is 13.3. The van der Waals surface area contributed by atoms with Gasteiger partial charge in [-0.1, -0.05) is 82.9 Å². The Labute approximate surface area is 247 Å². The molecular formula is C34H29Cl2NO4. The van der Waals surface area contributed by atoms with E-state index in [9.17, 15) is 9.90 Å². The topological polar surface area (TPSA) is 76.5 Å². The fraction of sp³-hybridized carbons (Fsp3) is 0.235. The Hall–Kier alpha value is -3.80. The summed E-state index contributed by atoms with van der Waals surface area (Å²) in [5.41, 5.74) is 3.98. The van der Waals surface area contributed by atoms with Crippen LogP contribution in [0.25, 0.3) is 55.6 Å². The number of rotatable bonds is 3. The van der Waals surface area contributed by atoms with Gasteiger partial charge < -0.3 is 13.9 Å². The number of furan rings is 2. The highest BCUT2D eigenvalue weighted by Gasteiger charge is 2.28. The monoisotopic (exact) mass is 585 g/mol. The molecule has 0 spiro atoms. The molecule has 0 fully saturated rings. The largest absolute Gasteiger partial charge is 0.478 e. The second-order valence-electron chi connectivity index (χ2n) is 12.5. The molecule has 208 valence electrons. The predicted molar refractivity (Wildman–Crippen MR) is 167 cm³/mol. The van der Waals surface area contributed by atoms with Gasteiger partial charge in [-0.15, -0.1) is 0 Å². The van der Waals surface area contributed by atoms with Crippen molar-refractivity contribution in [3.05, 3.63) is 87.4 Å². The van der Waals surface area contributed by atoms with Crippen molar-refractivity contribution in [2.24, 2.45) is 0 Å². The highest BCUT2D eigenvalue weighted by molar-refractivity contribution is 6.35. The average molecular weight is 587 g/mol. The van der Waals surface area contributed by atoms with E-state index in [0.29, 0.717) is 49.2 Å². The summed E-state index contributed by atoms with van der Waals surface area (Å²) < 4.78 is 12.5. The molecule has 5 nitrogen and oxygen atoms in total. The number of benzene rings is 3. The van der Waals surface area contributed by atoms with Gasteiger partial charge in [-0.25, -0.2) is 9.78 Å². The molecule has 3 heterocycles. The maximum Gasteiger partial charge on any atom is 0.338 e. The lowest BCUT2D eigenvalue weighted by atomic mass is 9.86. The molecule has 0 unspecified atom stereocenters. The Balaban J connectivity index is 1.66. The molecule has 6 rings (SSSR count). The quantitative estimate of drug-likeness (QED) is 0.223. The van der Waals surface area contributed by atoms with E-state index in [1.54, 1.807) is 6.07 Å². The van der Waals surface area contributed by atoms with Gasteiger partial charge >= 0.3 is 5.97 Å². The van der Waals surface area contributed by atoms with E-state index >= 15 is 0 Å². The van der Waals surface area contributed by atoms with Gasteiger partial charge in [0.2, 0.25) is 0 Å². The van der Waals surface area contributed by atoms with Crippen molar-refractivity contribution in [2.75, 3.05) is 0 Å². The van der Waals surface area contributed by atoms with E-state index < -0.39 is 5.97 Å². The van der Waals surface area contributed by atoms with Crippen molar-refractivity contribution in [3.63, 3.8) is 0 Å². The van der Waals surface area contributed by atoms with Crippen LogP contribution in [0.3, 0.4) is 0 Å². The van der Waals surface area contributed by atoms with Crippen LogP contribution >= 0.6 is 23.2 Å². The average Bonchev–Trinajstić information content (AvgIpc) is 3.51. The van der Waals surface area contributed by atoms with Crippen molar-refractivity contribution in [1.82, 2.24) is 4.98 Å². The van der Waals surface area contributed by atoms with E-state index in [0.717, 1.165) is 21.9 Å². The van der Waals surface area contributed by atoms with Gasteiger partial charge in [0.15, 0.2) is 16.9 Å². The molecule has 0 aliphatic carbocycles. The summed E-state index contributed by atoms with van der Waals surface area (Å²) in [7, 11) is 0. The molecule has 3 aromatic carbocycles. The first kappa shape index (κ1) is 27.4. The predicted octanol–water partition coefficient (Wildman–Crippen LogP) is 10.7. The minimum Gasteiger partial charge on any atom is -0.478 e. The van der Waals surface area contributed by atoms with Crippen LogP contribution < -0.4 is 0 Å². The van der Waals surface area contributed by atoms with Crippen LogP contribution in [0.4, 0.5) is 0 Å². The molecule has 0 bridgehead atoms. The van der Waals surface area contributed by atoms with Crippen LogP contribution in [-0.4, -0.2) is 16.1 Å². The number of para-hydroxylation sites is 1. The second kappa shape index (κ2) is 9.37. The zero-order valence-corrected chi connectivity index (χ0v) is 25.2. The molecule has 0 atom stereocenters. The Morgan fingerprint density at radius 1 is 0.756 bits per heavy atom. The van der Waals surface area contributed by atoms with Crippen LogP contribution in [-0.2, 0) is 10.8 Å². The van der Waals surface area contributed by atoms with E-state index in [-0.39, 0.29) is 22.1 Å². The number of nitrogens with zero attached hydrogens (tertiary/aromatic N) is 1. The molecule has 6 aromatic rings. The van der Waals surface area contributed by atoms with Crippen LogP contribution in [0.5, 0.6) is 0 Å². The number of carboxylic acid groups (broad SMARTS) is 1. The molecule has 3 aromatic heterocycles. The van der Waals surface area contributed by atoms with Gasteiger partial charge in [0, 0.05) is 21.7 Å². The van der Waals surface area contributed by atoms with Gasteiger partial charge in [-0.05, 0) is 64.4 Å². The summed E-state index contributed by atoms with van der Waals surface area (Å²) in [6.45, 7) is 12.7. The Morgan fingerprint density at radius 3 is 1.80 bits per heavy atom. The highest BCUT2D eigenvalue weighted by Crippen LogP contribution is 2.43.